The van der Waals surface area contributed by atoms with E-state index in [2.05, 4.69) is 0 Å². The van der Waals surface area contributed by atoms with Gasteiger partial charge in [-0.1, -0.05) is 6.07 Å². The second kappa shape index (κ2) is 5.55. The number of phenolic OH excluding ortho intramolecular Hbond substituents is 1. The highest BCUT2D eigenvalue weighted by Gasteiger charge is 2.27. The lowest BCUT2D eigenvalue weighted by atomic mass is 10.1. The number of nitrogens with one attached hydrogen (secondary N) is 1. The van der Waals surface area contributed by atoms with Crippen LogP contribution >= 0.6 is 0 Å². The van der Waals surface area contributed by atoms with Crippen LogP contribution in [0.15, 0.2) is 18.2 Å². The van der Waals surface area contributed by atoms with E-state index in [1.165, 1.54) is 0 Å². The Kier molecular flexibility index (Phi) is 4.30. The first-order valence-electron chi connectivity index (χ1n) is 5.03. The van der Waals surface area contributed by atoms with Crippen LogP contribution in [0.4, 0.5) is 18.9 Å². The number of alkyl halides is 3. The van der Waals surface area contributed by atoms with Crippen LogP contribution in [0.3, 0.4) is 0 Å². The summed E-state index contributed by atoms with van der Waals surface area (Å²) in [5.41, 5.74) is -1.14. The number of nitro groups is 1. The predicted molar refractivity (Wildman–Crippen MR) is 57.8 cm³/mol. The molecule has 9 heteroatoms. The third-order valence-electron chi connectivity index (χ3n) is 2.15. The van der Waals surface area contributed by atoms with Gasteiger partial charge in [0.1, 0.15) is 0 Å². The number of rotatable bonds is 4. The summed E-state index contributed by atoms with van der Waals surface area (Å²) in [6.07, 6.45) is -5.65. The van der Waals surface area contributed by atoms with Crippen LogP contribution in [0.2, 0.25) is 0 Å². The van der Waals surface area contributed by atoms with E-state index in [-0.39, 0.29) is 0 Å². The van der Waals surface area contributed by atoms with Gasteiger partial charge in [0, 0.05) is 12.6 Å². The highest BCUT2D eigenvalue weighted by Crippen LogP contribution is 2.29. The zero-order chi connectivity index (χ0) is 14.6. The molecule has 0 aliphatic heterocycles. The minimum Gasteiger partial charge on any atom is -0.502 e. The molecule has 1 aromatic rings. The summed E-state index contributed by atoms with van der Waals surface area (Å²) in [7, 11) is 0. The number of benzene rings is 1. The van der Waals surface area contributed by atoms with Gasteiger partial charge >= 0.3 is 11.9 Å². The molecule has 0 saturated heterocycles. The van der Waals surface area contributed by atoms with Crippen molar-refractivity contribution in [2.45, 2.75) is 12.6 Å². The van der Waals surface area contributed by atoms with E-state index in [0.717, 1.165) is 18.2 Å². The van der Waals surface area contributed by atoms with Crippen molar-refractivity contribution in [3.05, 3.63) is 33.9 Å². The van der Waals surface area contributed by atoms with Gasteiger partial charge in [0.25, 0.3) is 5.91 Å². The van der Waals surface area contributed by atoms with Gasteiger partial charge in [-0.15, -0.1) is 0 Å². The molecule has 1 amide bonds. The Morgan fingerprint density at radius 1 is 1.42 bits per heavy atom. The summed E-state index contributed by atoms with van der Waals surface area (Å²) in [5, 5.41) is 21.9. The van der Waals surface area contributed by atoms with Crippen molar-refractivity contribution < 1.29 is 28.0 Å². The topological polar surface area (TPSA) is 92.5 Å². The van der Waals surface area contributed by atoms with E-state index in [9.17, 15) is 33.2 Å². The number of halogens is 3. The molecule has 1 aromatic carbocycles. The number of phenols is 1. The molecule has 0 heterocycles. The van der Waals surface area contributed by atoms with Crippen molar-refractivity contribution in [2.75, 3.05) is 6.54 Å². The van der Waals surface area contributed by atoms with E-state index >= 15 is 0 Å². The first-order valence-corrected chi connectivity index (χ1v) is 5.03. The number of para-hydroxylation sites is 1. The highest BCUT2D eigenvalue weighted by molar-refractivity contribution is 5.98. The maximum absolute atomic E-state index is 11.9. The third-order valence-corrected chi connectivity index (χ3v) is 2.15. The number of carbonyl (C=O) groups excluding carboxylic acids is 1. The number of carbonyl (C=O) groups is 1. The van der Waals surface area contributed by atoms with Crippen molar-refractivity contribution in [2.24, 2.45) is 0 Å². The zero-order valence-corrected chi connectivity index (χ0v) is 9.40. The van der Waals surface area contributed by atoms with E-state index in [0.29, 0.717) is 0 Å². The van der Waals surface area contributed by atoms with Gasteiger partial charge in [-0.05, 0) is 6.07 Å². The van der Waals surface area contributed by atoms with E-state index in [1.807, 2.05) is 5.32 Å². The maximum atomic E-state index is 11.9. The summed E-state index contributed by atoms with van der Waals surface area (Å²) in [6, 6.07) is 3.20. The molecule has 0 spiro atoms. The first kappa shape index (κ1) is 14.7. The van der Waals surface area contributed by atoms with E-state index in [4.69, 9.17) is 0 Å². The fourth-order valence-corrected chi connectivity index (χ4v) is 1.27. The number of aromatic hydroxyl groups is 1. The van der Waals surface area contributed by atoms with Crippen LogP contribution < -0.4 is 5.32 Å². The largest absolute Gasteiger partial charge is 0.502 e. The Morgan fingerprint density at radius 3 is 2.58 bits per heavy atom. The Labute approximate surface area is 105 Å². The second-order valence-corrected chi connectivity index (χ2v) is 3.55. The number of nitro benzene ring substituents is 1. The molecular formula is C10H9F3N2O4. The summed E-state index contributed by atoms with van der Waals surface area (Å²) >= 11 is 0. The first-order chi connectivity index (χ1) is 8.72. The molecule has 0 aliphatic carbocycles. The van der Waals surface area contributed by atoms with Gasteiger partial charge in [0.15, 0.2) is 0 Å². The molecule has 0 bridgehead atoms. The van der Waals surface area contributed by atoms with Crippen LogP contribution in [-0.2, 0) is 0 Å². The molecule has 0 aliphatic rings. The van der Waals surface area contributed by atoms with Gasteiger partial charge < -0.3 is 10.4 Å². The minimum atomic E-state index is -4.42. The lowest BCUT2D eigenvalue weighted by molar-refractivity contribution is -0.385. The zero-order valence-electron chi connectivity index (χ0n) is 9.40. The number of amides is 1. The SMILES string of the molecule is O=C(NCCC(F)(F)F)c1cccc([N+](=O)[O-])c1O. The van der Waals surface area contributed by atoms with Crippen LogP contribution in [0, 0.1) is 10.1 Å². The molecule has 104 valence electrons. The third kappa shape index (κ3) is 4.12. The summed E-state index contributed by atoms with van der Waals surface area (Å²) in [5.74, 6) is -1.89. The molecule has 0 unspecified atom stereocenters. The lowest BCUT2D eigenvalue weighted by Crippen LogP contribution is -2.28. The van der Waals surface area contributed by atoms with E-state index in [1.54, 1.807) is 0 Å². The van der Waals surface area contributed by atoms with Crippen LogP contribution in [-0.4, -0.2) is 28.7 Å². The van der Waals surface area contributed by atoms with Crippen molar-refractivity contribution >= 4 is 11.6 Å². The Hall–Kier alpha value is -2.32. The Balaban J connectivity index is 2.78. The van der Waals surface area contributed by atoms with Gasteiger partial charge in [0.2, 0.25) is 5.75 Å². The average molecular weight is 278 g/mol. The fourth-order valence-electron chi connectivity index (χ4n) is 1.27. The van der Waals surface area contributed by atoms with Gasteiger partial charge in [-0.3, -0.25) is 14.9 Å². The number of nitrogens with zero attached hydrogens (tertiary/aromatic N) is 1. The molecule has 0 radical (unpaired) electrons. The number of hydrogen-bond donors (Lipinski definition) is 2. The molecular weight excluding hydrogens is 269 g/mol. The monoisotopic (exact) mass is 278 g/mol. The Morgan fingerprint density at radius 2 is 2.05 bits per heavy atom. The molecule has 6 nitrogen and oxygen atoms in total. The van der Waals surface area contributed by atoms with Crippen molar-refractivity contribution in [3.8, 4) is 5.75 Å². The Bertz CT molecular complexity index is 502. The molecule has 1 rings (SSSR count). The molecule has 0 saturated carbocycles. The van der Waals surface area contributed by atoms with Crippen LogP contribution in [0.25, 0.3) is 0 Å². The summed E-state index contributed by atoms with van der Waals surface area (Å²) in [6.45, 7) is -0.676. The summed E-state index contributed by atoms with van der Waals surface area (Å²) < 4.78 is 35.6. The van der Waals surface area contributed by atoms with Crippen LogP contribution in [0.5, 0.6) is 5.75 Å². The minimum absolute atomic E-state index is 0.448. The average Bonchev–Trinajstić information content (AvgIpc) is 2.26. The standard InChI is InChI=1S/C10H9F3N2O4/c11-10(12,13)4-5-14-9(17)6-2-1-3-7(8(6)16)15(18)19/h1-3,16H,4-5H2,(H,14,17). The second-order valence-electron chi connectivity index (χ2n) is 3.55. The maximum Gasteiger partial charge on any atom is 0.390 e. The van der Waals surface area contributed by atoms with E-state index < -0.39 is 47.0 Å². The van der Waals surface area contributed by atoms with Crippen LogP contribution in [0.1, 0.15) is 16.8 Å². The molecule has 0 fully saturated rings. The fraction of sp³-hybridized carbons (Fsp3) is 0.300. The quantitative estimate of drug-likeness (QED) is 0.650. The van der Waals surface area contributed by atoms with Gasteiger partial charge in [-0.2, -0.15) is 13.2 Å². The molecule has 0 atom stereocenters. The predicted octanol–water partition coefficient (Wildman–Crippen LogP) is 1.98. The smallest absolute Gasteiger partial charge is 0.390 e. The highest BCUT2D eigenvalue weighted by atomic mass is 19.4. The van der Waals surface area contributed by atoms with Crippen molar-refractivity contribution in [1.29, 1.82) is 0 Å². The van der Waals surface area contributed by atoms with Crippen molar-refractivity contribution in [3.63, 3.8) is 0 Å². The van der Waals surface area contributed by atoms with Gasteiger partial charge in [-0.25, -0.2) is 0 Å². The normalized spacial score (nSPS) is 11.1. The van der Waals surface area contributed by atoms with Crippen molar-refractivity contribution in [1.82, 2.24) is 5.32 Å². The lowest BCUT2D eigenvalue weighted by Gasteiger charge is -2.08. The summed E-state index contributed by atoms with van der Waals surface area (Å²) in [4.78, 5) is 21.1. The molecule has 19 heavy (non-hydrogen) atoms. The molecule has 0 aromatic heterocycles. The number of hydrogen-bond acceptors (Lipinski definition) is 4. The van der Waals surface area contributed by atoms with Gasteiger partial charge in [0.05, 0.1) is 16.9 Å². The molecule has 2 N–H and O–H groups in total.